The molecule has 5 aliphatic rings. The van der Waals surface area contributed by atoms with Gasteiger partial charge in [-0.1, -0.05) is 12.1 Å². The van der Waals surface area contributed by atoms with Crippen molar-refractivity contribution in [3.8, 4) is 11.5 Å². The number of nitrogens with one attached hydrogen (secondary N) is 1. The molecule has 6 heteroatoms. The van der Waals surface area contributed by atoms with Gasteiger partial charge in [-0.2, -0.15) is 0 Å². The summed E-state index contributed by atoms with van der Waals surface area (Å²) in [6.45, 7) is 2.32. The monoisotopic (exact) mass is 556 g/mol. The number of carbonyl (C=O) groups is 1. The quantitative estimate of drug-likeness (QED) is 0.554. The van der Waals surface area contributed by atoms with Crippen LogP contribution < -0.4 is 10.1 Å². The Hall–Kier alpha value is -1.80. The highest BCUT2D eigenvalue weighted by Gasteiger charge is 2.66. The molecule has 3 aliphatic carbocycles. The number of nitrogens with zero attached hydrogens (tertiary/aromatic N) is 1. The number of likely N-dealkylation sites (tertiary alicyclic amines) is 1. The lowest BCUT2D eigenvalue weighted by atomic mass is 9.51. The summed E-state index contributed by atoms with van der Waals surface area (Å²) in [7, 11) is 0. The van der Waals surface area contributed by atoms with Gasteiger partial charge in [-0.25, -0.2) is 0 Å². The number of rotatable bonds is 4. The summed E-state index contributed by atoms with van der Waals surface area (Å²) in [5.74, 6) is 2.31. The van der Waals surface area contributed by atoms with Gasteiger partial charge >= 0.3 is 0 Å². The van der Waals surface area contributed by atoms with Crippen molar-refractivity contribution in [3.63, 3.8) is 0 Å². The third-order valence-electron chi connectivity index (χ3n) is 9.03. The van der Waals surface area contributed by atoms with Crippen molar-refractivity contribution >= 4 is 28.5 Å². The van der Waals surface area contributed by atoms with E-state index in [0.717, 1.165) is 41.7 Å². The number of hydrogen-bond acceptors (Lipinski definition) is 4. The zero-order valence-electron chi connectivity index (χ0n) is 18.6. The van der Waals surface area contributed by atoms with E-state index in [1.165, 1.54) is 30.5 Å². The maximum Gasteiger partial charge on any atom is 0.251 e. The Kier molecular flexibility index (Phi) is 4.58. The van der Waals surface area contributed by atoms with Crippen LogP contribution in [-0.4, -0.2) is 47.2 Å². The number of halogens is 1. The summed E-state index contributed by atoms with van der Waals surface area (Å²) < 4.78 is 7.68. The van der Waals surface area contributed by atoms with Gasteiger partial charge in [0.2, 0.25) is 0 Å². The summed E-state index contributed by atoms with van der Waals surface area (Å²) in [5, 5.41) is 14.1. The summed E-state index contributed by atoms with van der Waals surface area (Å²) in [6.07, 6.45) is 6.76. The van der Waals surface area contributed by atoms with Crippen molar-refractivity contribution in [2.24, 2.45) is 11.8 Å². The van der Waals surface area contributed by atoms with E-state index in [-0.39, 0.29) is 29.2 Å². The van der Waals surface area contributed by atoms with E-state index in [1.54, 1.807) is 0 Å². The highest BCUT2D eigenvalue weighted by atomic mass is 127. The van der Waals surface area contributed by atoms with E-state index in [4.69, 9.17) is 4.74 Å². The predicted octanol–water partition coefficient (Wildman–Crippen LogP) is 4.24. The van der Waals surface area contributed by atoms with Crippen LogP contribution in [0, 0.1) is 15.4 Å². The van der Waals surface area contributed by atoms with Crippen LogP contribution in [0.25, 0.3) is 0 Å². The molecule has 1 spiro atoms. The number of phenolic OH excluding ortho intramolecular Hbond substituents is 1. The van der Waals surface area contributed by atoms with Gasteiger partial charge in [0, 0.05) is 32.7 Å². The van der Waals surface area contributed by atoms with E-state index in [1.807, 2.05) is 30.3 Å². The lowest BCUT2D eigenvalue weighted by Gasteiger charge is -2.59. The van der Waals surface area contributed by atoms with Gasteiger partial charge in [0.15, 0.2) is 11.5 Å². The van der Waals surface area contributed by atoms with Crippen molar-refractivity contribution in [2.75, 3.05) is 13.1 Å². The number of hydrogen-bond donors (Lipinski definition) is 2. The molecule has 2 aliphatic heterocycles. The number of benzene rings is 2. The average molecular weight is 556 g/mol. The summed E-state index contributed by atoms with van der Waals surface area (Å²) in [5.41, 5.74) is 3.19. The van der Waals surface area contributed by atoms with Crippen molar-refractivity contribution in [3.05, 3.63) is 56.7 Å². The van der Waals surface area contributed by atoms with Crippen molar-refractivity contribution in [1.29, 1.82) is 0 Å². The molecule has 2 aromatic carbocycles. The molecule has 2 N–H and O–H groups in total. The van der Waals surface area contributed by atoms with Crippen LogP contribution in [0.15, 0.2) is 36.4 Å². The van der Waals surface area contributed by atoms with Crippen LogP contribution in [0.3, 0.4) is 0 Å². The number of phenols is 1. The molecule has 1 saturated heterocycles. The Morgan fingerprint density at radius 1 is 1.21 bits per heavy atom. The molecule has 5 nitrogen and oxygen atoms in total. The predicted molar refractivity (Wildman–Crippen MR) is 134 cm³/mol. The topological polar surface area (TPSA) is 61.8 Å². The second kappa shape index (κ2) is 7.35. The normalized spacial score (nSPS) is 33.8. The highest BCUT2D eigenvalue weighted by Crippen LogP contribution is 2.64. The fourth-order valence-electron chi connectivity index (χ4n) is 7.51. The molecular weight excluding hydrogens is 527 g/mol. The summed E-state index contributed by atoms with van der Waals surface area (Å²) in [4.78, 5) is 15.9. The second-order valence-electron chi connectivity index (χ2n) is 10.8. The van der Waals surface area contributed by atoms with Crippen LogP contribution in [0.1, 0.15) is 53.6 Å². The van der Waals surface area contributed by atoms with Gasteiger partial charge in [0.1, 0.15) is 6.10 Å². The fraction of sp³-hybridized carbons (Fsp3) is 0.519. The maximum absolute atomic E-state index is 13.2. The standard InChI is InChI=1S/C27H29IN2O3/c28-18-3-1-2-17(12-18)26(32)29-20-8-7-19-21-13-16-6-9-22(31)24-23(16)27(19,25(20)33-24)10-11-30(21)14-15-4-5-15/h1-3,6,9,12,15,19-21,25,31H,4-5,7-8,10-11,13-14H2,(H,29,32)/t19-,20+,21+,25-,27+/m0/s1. The van der Waals surface area contributed by atoms with Crippen LogP contribution >= 0.6 is 22.6 Å². The minimum absolute atomic E-state index is 0.0316. The number of carbonyl (C=O) groups excluding carboxylic acids is 1. The second-order valence-corrected chi connectivity index (χ2v) is 12.0. The Bertz CT molecular complexity index is 1150. The molecule has 2 saturated carbocycles. The van der Waals surface area contributed by atoms with E-state index in [9.17, 15) is 9.90 Å². The number of ether oxygens (including phenoxy) is 1. The van der Waals surface area contributed by atoms with Gasteiger partial charge in [-0.15, -0.1) is 0 Å². The molecule has 1 amide bonds. The largest absolute Gasteiger partial charge is 0.504 e. The minimum atomic E-state index is -0.115. The molecule has 33 heavy (non-hydrogen) atoms. The Balaban J connectivity index is 1.26. The van der Waals surface area contributed by atoms with Crippen LogP contribution in [-0.2, 0) is 11.8 Å². The van der Waals surface area contributed by atoms with Crippen LogP contribution in [0.5, 0.6) is 11.5 Å². The molecule has 0 unspecified atom stereocenters. The lowest BCUT2D eigenvalue weighted by Crippen LogP contribution is -2.69. The molecule has 172 valence electrons. The third kappa shape index (κ3) is 3.02. The van der Waals surface area contributed by atoms with Crippen molar-refractivity contribution < 1.29 is 14.6 Å². The fourth-order valence-corrected chi connectivity index (χ4v) is 8.06. The molecule has 3 fully saturated rings. The minimum Gasteiger partial charge on any atom is -0.504 e. The van der Waals surface area contributed by atoms with Gasteiger partial charge < -0.3 is 15.2 Å². The third-order valence-corrected chi connectivity index (χ3v) is 9.70. The van der Waals surface area contributed by atoms with Gasteiger partial charge in [0.05, 0.1) is 6.04 Å². The van der Waals surface area contributed by atoms with Crippen molar-refractivity contribution in [1.82, 2.24) is 10.2 Å². The SMILES string of the molecule is O=C(N[C@@H]1CC[C@H]2[C@H]3Cc4ccc(O)c5c4[C@]2(CCN3CC2CC2)[C@H]1O5)c1cccc(I)c1. The first kappa shape index (κ1) is 20.6. The Morgan fingerprint density at radius 3 is 2.91 bits per heavy atom. The Labute approximate surface area is 208 Å². The first-order valence-electron chi connectivity index (χ1n) is 12.4. The van der Waals surface area contributed by atoms with E-state index in [2.05, 4.69) is 38.9 Å². The lowest BCUT2D eigenvalue weighted by molar-refractivity contribution is -0.0647. The molecule has 2 bridgehead atoms. The highest BCUT2D eigenvalue weighted by molar-refractivity contribution is 14.1. The summed E-state index contributed by atoms with van der Waals surface area (Å²) >= 11 is 2.25. The van der Waals surface area contributed by atoms with Gasteiger partial charge in [0.25, 0.3) is 5.91 Å². The van der Waals surface area contributed by atoms with Gasteiger partial charge in [-0.05, 0) is 109 Å². The molecule has 7 rings (SSSR count). The van der Waals surface area contributed by atoms with Gasteiger partial charge in [-0.3, -0.25) is 9.69 Å². The first-order chi connectivity index (χ1) is 16.0. The first-order valence-corrected chi connectivity index (χ1v) is 13.4. The van der Waals surface area contributed by atoms with Crippen LogP contribution in [0.2, 0.25) is 0 Å². The molecule has 0 radical (unpaired) electrons. The molecule has 0 aromatic heterocycles. The van der Waals surface area contributed by atoms with E-state index >= 15 is 0 Å². The maximum atomic E-state index is 13.2. The number of aromatic hydroxyl groups is 1. The molecule has 2 heterocycles. The van der Waals surface area contributed by atoms with Crippen LogP contribution in [0.4, 0.5) is 0 Å². The van der Waals surface area contributed by atoms with E-state index in [0.29, 0.717) is 23.3 Å². The Morgan fingerprint density at radius 2 is 2.09 bits per heavy atom. The summed E-state index contributed by atoms with van der Waals surface area (Å²) in [6, 6.07) is 12.2. The zero-order valence-corrected chi connectivity index (χ0v) is 20.8. The smallest absolute Gasteiger partial charge is 0.251 e. The number of piperidine rings is 1. The zero-order chi connectivity index (χ0) is 22.3. The molecule has 2 aromatic rings. The molecular formula is C27H29IN2O3. The van der Waals surface area contributed by atoms with E-state index < -0.39 is 0 Å². The average Bonchev–Trinajstić information content (AvgIpc) is 3.55. The number of amides is 1. The molecule has 5 atom stereocenters. The van der Waals surface area contributed by atoms with Crippen molar-refractivity contribution in [2.45, 2.75) is 62.1 Å².